The molecule has 0 aliphatic carbocycles. The third-order valence-electron chi connectivity index (χ3n) is 1.12. The molecule has 0 saturated heterocycles. The van der Waals surface area contributed by atoms with Gasteiger partial charge in [0.05, 0.1) is 0 Å². The Balaban J connectivity index is 2.75. The number of hydrogen-bond donors (Lipinski definition) is 0. The Morgan fingerprint density at radius 3 is 3.11 bits per heavy atom. The summed E-state index contributed by atoms with van der Waals surface area (Å²) in [5, 5.41) is 0.551. The van der Waals surface area contributed by atoms with Gasteiger partial charge in [-0.05, 0) is 12.0 Å². The summed E-state index contributed by atoms with van der Waals surface area (Å²) in [5.41, 5.74) is 0. The summed E-state index contributed by atoms with van der Waals surface area (Å²) in [6.45, 7) is 2.08. The highest BCUT2D eigenvalue weighted by molar-refractivity contribution is 6.68. The molecule has 0 spiro atoms. The second-order valence-corrected chi connectivity index (χ2v) is 2.40. The molecule has 1 heterocycles. The van der Waals surface area contributed by atoms with Gasteiger partial charge in [-0.15, -0.1) is 0 Å². The number of halogens is 1. The van der Waals surface area contributed by atoms with E-state index in [0.29, 0.717) is 11.1 Å². The van der Waals surface area contributed by atoms with E-state index in [1.165, 1.54) is 0 Å². The van der Waals surface area contributed by atoms with Crippen molar-refractivity contribution in [3.8, 4) is 0 Å². The molecule has 0 bridgehead atoms. The Hall–Kier alpha value is -0.560. The molecule has 0 radical (unpaired) electrons. The molecule has 0 aromatic heterocycles. The molecule has 0 amide bonds. The van der Waals surface area contributed by atoms with Crippen LogP contribution in [0.1, 0.15) is 6.92 Å². The predicted molar refractivity (Wildman–Crippen MR) is 40.7 cm³/mol. The number of aliphatic imine (C=N–C) groups is 1. The van der Waals surface area contributed by atoms with Gasteiger partial charge in [-0.3, -0.25) is 0 Å². The Bertz CT molecular complexity index is 179. The first kappa shape index (κ1) is 6.56. The maximum Gasteiger partial charge on any atom is 0.128 e. The topological polar surface area (TPSA) is 12.4 Å². The fourth-order valence-corrected chi connectivity index (χ4v) is 0.717. The molecule has 9 heavy (non-hydrogen) atoms. The molecule has 0 fully saturated rings. The lowest BCUT2D eigenvalue weighted by Gasteiger charge is -1.90. The molecule has 1 unspecified atom stereocenters. The van der Waals surface area contributed by atoms with E-state index in [2.05, 4.69) is 11.9 Å². The van der Waals surface area contributed by atoms with Gasteiger partial charge in [-0.2, -0.15) is 0 Å². The van der Waals surface area contributed by atoms with Crippen molar-refractivity contribution in [2.75, 3.05) is 0 Å². The molecule has 0 aromatic carbocycles. The van der Waals surface area contributed by atoms with E-state index in [1.54, 1.807) is 6.20 Å². The van der Waals surface area contributed by atoms with Crippen LogP contribution < -0.4 is 0 Å². The Morgan fingerprint density at radius 2 is 2.33 bits per heavy atom. The van der Waals surface area contributed by atoms with Crippen molar-refractivity contribution in [2.45, 2.75) is 6.92 Å². The smallest absolute Gasteiger partial charge is 0.128 e. The molecule has 0 N–H and O–H groups in total. The minimum Gasteiger partial charge on any atom is -0.245 e. The first-order valence-corrected chi connectivity index (χ1v) is 3.25. The van der Waals surface area contributed by atoms with Gasteiger partial charge in [-0.25, -0.2) is 4.99 Å². The molecule has 0 aromatic rings. The highest BCUT2D eigenvalue weighted by Crippen LogP contribution is 2.05. The second-order valence-electron chi connectivity index (χ2n) is 2.01. The zero-order chi connectivity index (χ0) is 6.69. The number of hydrogen-bond acceptors (Lipinski definition) is 1. The van der Waals surface area contributed by atoms with E-state index in [9.17, 15) is 0 Å². The summed E-state index contributed by atoms with van der Waals surface area (Å²) >= 11 is 5.60. The van der Waals surface area contributed by atoms with E-state index < -0.39 is 0 Å². The van der Waals surface area contributed by atoms with Gasteiger partial charge < -0.3 is 0 Å². The number of allylic oxidation sites excluding steroid dienone is 3. The standard InChI is InChI=1S/C7H8ClN/c1-6-2-3-7(8)9-5-4-6/h2-6H,1H3. The molecule has 1 aliphatic heterocycles. The molecule has 2 heteroatoms. The highest BCUT2D eigenvalue weighted by atomic mass is 35.5. The van der Waals surface area contributed by atoms with E-state index in [-0.39, 0.29) is 0 Å². The van der Waals surface area contributed by atoms with Crippen LogP contribution >= 0.6 is 11.6 Å². The number of rotatable bonds is 0. The average Bonchev–Trinajstić information content (AvgIpc) is 1.97. The van der Waals surface area contributed by atoms with Gasteiger partial charge in [-0.1, -0.05) is 30.7 Å². The van der Waals surface area contributed by atoms with Crippen LogP contribution in [-0.2, 0) is 0 Å². The maximum absolute atomic E-state index is 5.60. The maximum atomic E-state index is 5.60. The van der Waals surface area contributed by atoms with Crippen molar-refractivity contribution < 1.29 is 0 Å². The molecule has 1 aliphatic rings. The normalized spacial score (nSPS) is 25.6. The average molecular weight is 142 g/mol. The van der Waals surface area contributed by atoms with Crippen LogP contribution in [0.3, 0.4) is 0 Å². The lowest BCUT2D eigenvalue weighted by Crippen LogP contribution is -1.79. The van der Waals surface area contributed by atoms with Crippen molar-refractivity contribution in [1.82, 2.24) is 0 Å². The van der Waals surface area contributed by atoms with Crippen LogP contribution in [0.2, 0.25) is 0 Å². The van der Waals surface area contributed by atoms with Gasteiger partial charge in [0.1, 0.15) is 5.17 Å². The van der Waals surface area contributed by atoms with E-state index in [1.807, 2.05) is 18.2 Å². The van der Waals surface area contributed by atoms with E-state index in [0.717, 1.165) is 0 Å². The zero-order valence-electron chi connectivity index (χ0n) is 5.21. The van der Waals surface area contributed by atoms with Gasteiger partial charge >= 0.3 is 0 Å². The highest BCUT2D eigenvalue weighted by Gasteiger charge is 1.93. The molecule has 48 valence electrons. The van der Waals surface area contributed by atoms with Gasteiger partial charge in [0.15, 0.2) is 0 Å². The Morgan fingerprint density at radius 1 is 1.56 bits per heavy atom. The predicted octanol–water partition coefficient (Wildman–Crippen LogP) is 2.34. The molecule has 0 saturated carbocycles. The monoisotopic (exact) mass is 141 g/mol. The molecule has 1 nitrogen and oxygen atoms in total. The van der Waals surface area contributed by atoms with Crippen molar-refractivity contribution in [3.05, 3.63) is 24.4 Å². The first-order valence-electron chi connectivity index (χ1n) is 2.87. The summed E-state index contributed by atoms with van der Waals surface area (Å²) < 4.78 is 0. The summed E-state index contributed by atoms with van der Waals surface area (Å²) in [6.07, 6.45) is 7.54. The van der Waals surface area contributed by atoms with Crippen molar-refractivity contribution in [1.29, 1.82) is 0 Å². The summed E-state index contributed by atoms with van der Waals surface area (Å²) in [7, 11) is 0. The quantitative estimate of drug-likeness (QED) is 0.491. The van der Waals surface area contributed by atoms with Crippen LogP contribution in [0.4, 0.5) is 0 Å². The van der Waals surface area contributed by atoms with Crippen molar-refractivity contribution >= 4 is 16.8 Å². The minimum absolute atomic E-state index is 0.449. The fourth-order valence-electron chi connectivity index (χ4n) is 0.588. The summed E-state index contributed by atoms with van der Waals surface area (Å²) in [5.74, 6) is 0.449. The lowest BCUT2D eigenvalue weighted by molar-refractivity contribution is 0.941. The first-order chi connectivity index (χ1) is 4.29. The third-order valence-corrected chi connectivity index (χ3v) is 1.35. The van der Waals surface area contributed by atoms with Crippen LogP contribution in [0.5, 0.6) is 0 Å². The third kappa shape index (κ3) is 2.02. The largest absolute Gasteiger partial charge is 0.245 e. The molecule has 1 rings (SSSR count). The lowest BCUT2D eigenvalue weighted by atomic mass is 10.2. The van der Waals surface area contributed by atoms with Crippen molar-refractivity contribution in [2.24, 2.45) is 10.9 Å². The minimum atomic E-state index is 0.449. The molecular weight excluding hydrogens is 134 g/mol. The fraction of sp³-hybridized carbons (Fsp3) is 0.286. The van der Waals surface area contributed by atoms with E-state index >= 15 is 0 Å². The van der Waals surface area contributed by atoms with Gasteiger partial charge in [0.2, 0.25) is 0 Å². The Labute approximate surface area is 59.7 Å². The second kappa shape index (κ2) is 2.83. The summed E-state index contributed by atoms with van der Waals surface area (Å²) in [4.78, 5) is 3.89. The van der Waals surface area contributed by atoms with Crippen molar-refractivity contribution in [3.63, 3.8) is 0 Å². The van der Waals surface area contributed by atoms with Gasteiger partial charge in [0, 0.05) is 6.20 Å². The van der Waals surface area contributed by atoms with Crippen LogP contribution in [0.25, 0.3) is 0 Å². The summed E-state index contributed by atoms with van der Waals surface area (Å²) in [6, 6.07) is 0. The van der Waals surface area contributed by atoms with E-state index in [4.69, 9.17) is 11.6 Å². The van der Waals surface area contributed by atoms with Crippen LogP contribution in [0, 0.1) is 5.92 Å². The van der Waals surface area contributed by atoms with Gasteiger partial charge in [0.25, 0.3) is 0 Å². The Kier molecular flexibility index (Phi) is 2.06. The van der Waals surface area contributed by atoms with Crippen LogP contribution in [0.15, 0.2) is 29.4 Å². The SMILES string of the molecule is CC1C=CN=C(Cl)C=C1. The van der Waals surface area contributed by atoms with Crippen LogP contribution in [-0.4, -0.2) is 5.17 Å². The molecular formula is C7H8ClN. The number of nitrogens with zero attached hydrogens (tertiary/aromatic N) is 1. The molecule has 1 atom stereocenters. The zero-order valence-corrected chi connectivity index (χ0v) is 5.97.